The van der Waals surface area contributed by atoms with Crippen molar-refractivity contribution in [3.63, 3.8) is 0 Å². The smallest absolute Gasteiger partial charge is 0.315 e. The normalized spacial score (nSPS) is 16.3. The lowest BCUT2D eigenvalue weighted by atomic mass is 9.87. The third-order valence-electron chi connectivity index (χ3n) is 4.89. The molecule has 2 aromatic carbocycles. The van der Waals surface area contributed by atoms with E-state index in [0.717, 1.165) is 52.8 Å². The number of aromatic hydroxyl groups is 1. The van der Waals surface area contributed by atoms with Crippen LogP contribution in [0.5, 0.6) is 5.75 Å². The minimum absolute atomic E-state index is 0.0795. The van der Waals surface area contributed by atoms with E-state index in [1.165, 1.54) is 0 Å². The number of carbonyl (C=O) groups is 1. The van der Waals surface area contributed by atoms with Crippen LogP contribution in [0, 0.1) is 6.92 Å². The van der Waals surface area contributed by atoms with E-state index in [2.05, 4.69) is 20.6 Å². The van der Waals surface area contributed by atoms with E-state index < -0.39 is 0 Å². The molecule has 6 heteroatoms. The average molecular weight is 350 g/mol. The highest BCUT2D eigenvalue weighted by molar-refractivity contribution is 5.77. The zero-order valence-electron chi connectivity index (χ0n) is 14.7. The number of hydrogen-bond acceptors (Lipinski definition) is 3. The first kappa shape index (κ1) is 16.4. The number of hydrogen-bond donors (Lipinski definition) is 4. The number of aromatic nitrogens is 2. The first-order valence-corrected chi connectivity index (χ1v) is 8.90. The zero-order valence-corrected chi connectivity index (χ0v) is 14.7. The van der Waals surface area contributed by atoms with Gasteiger partial charge in [0.25, 0.3) is 0 Å². The summed E-state index contributed by atoms with van der Waals surface area (Å²) in [6.45, 7) is 2.37. The molecule has 1 heterocycles. The number of carbonyl (C=O) groups excluding carboxylic acids is 1. The molecule has 1 aliphatic carbocycles. The summed E-state index contributed by atoms with van der Waals surface area (Å²) in [5.74, 6) is 1.04. The number of aromatic amines is 1. The first-order chi connectivity index (χ1) is 12.6. The van der Waals surface area contributed by atoms with Gasteiger partial charge in [0.05, 0.1) is 23.6 Å². The number of benzene rings is 2. The lowest BCUT2D eigenvalue weighted by Gasteiger charge is -2.26. The van der Waals surface area contributed by atoms with Gasteiger partial charge in [-0.25, -0.2) is 9.78 Å². The Morgan fingerprint density at radius 1 is 1.35 bits per heavy atom. The van der Waals surface area contributed by atoms with Crippen molar-refractivity contribution in [1.82, 2.24) is 20.6 Å². The Bertz CT molecular complexity index is 964. The largest absolute Gasteiger partial charge is 0.508 e. The van der Waals surface area contributed by atoms with Gasteiger partial charge < -0.3 is 20.7 Å². The molecule has 0 radical (unpaired) electrons. The third-order valence-corrected chi connectivity index (χ3v) is 4.89. The van der Waals surface area contributed by atoms with Crippen LogP contribution in [-0.4, -0.2) is 21.1 Å². The predicted octanol–water partition coefficient (Wildman–Crippen LogP) is 3.45. The number of rotatable bonds is 3. The van der Waals surface area contributed by atoms with Crippen molar-refractivity contribution in [1.29, 1.82) is 0 Å². The molecule has 4 rings (SSSR count). The summed E-state index contributed by atoms with van der Waals surface area (Å²) < 4.78 is 0. The zero-order chi connectivity index (χ0) is 18.1. The molecule has 1 aliphatic rings. The van der Waals surface area contributed by atoms with Crippen molar-refractivity contribution in [2.24, 2.45) is 0 Å². The van der Waals surface area contributed by atoms with Gasteiger partial charge in [-0.3, -0.25) is 0 Å². The highest BCUT2D eigenvalue weighted by atomic mass is 16.3. The number of imidazole rings is 1. The van der Waals surface area contributed by atoms with Crippen molar-refractivity contribution in [2.75, 3.05) is 0 Å². The van der Waals surface area contributed by atoms with Crippen molar-refractivity contribution in [2.45, 2.75) is 38.8 Å². The molecule has 1 aromatic heterocycles. The van der Waals surface area contributed by atoms with Gasteiger partial charge in [-0.2, -0.15) is 0 Å². The Balaban J connectivity index is 1.41. The van der Waals surface area contributed by atoms with E-state index in [1.807, 2.05) is 37.3 Å². The van der Waals surface area contributed by atoms with Gasteiger partial charge in [-0.1, -0.05) is 18.2 Å². The number of nitrogens with zero attached hydrogens (tertiary/aromatic N) is 1. The van der Waals surface area contributed by atoms with E-state index in [0.29, 0.717) is 12.3 Å². The molecule has 1 atom stereocenters. The molecule has 0 bridgehead atoms. The number of aryl methyl sites for hydroxylation is 1. The van der Waals surface area contributed by atoms with Crippen LogP contribution in [0.3, 0.4) is 0 Å². The van der Waals surface area contributed by atoms with Gasteiger partial charge in [0, 0.05) is 0 Å². The number of H-pyrrole nitrogens is 1. The molecule has 6 nitrogen and oxygen atoms in total. The molecule has 0 spiro atoms. The highest BCUT2D eigenvalue weighted by Crippen LogP contribution is 2.34. The maximum Gasteiger partial charge on any atom is 0.315 e. The van der Waals surface area contributed by atoms with Gasteiger partial charge in [0.15, 0.2) is 0 Å². The minimum Gasteiger partial charge on any atom is -0.508 e. The summed E-state index contributed by atoms with van der Waals surface area (Å²) in [4.78, 5) is 20.0. The Hall–Kier alpha value is -3.02. The van der Waals surface area contributed by atoms with Crippen LogP contribution in [0.25, 0.3) is 11.0 Å². The molecule has 1 unspecified atom stereocenters. The average Bonchev–Trinajstić information content (AvgIpc) is 3.03. The fourth-order valence-corrected chi connectivity index (χ4v) is 3.61. The molecule has 0 saturated carbocycles. The minimum atomic E-state index is -0.233. The molecular formula is C20H22N4O2. The molecule has 0 fully saturated rings. The van der Waals surface area contributed by atoms with Crippen molar-refractivity contribution >= 4 is 17.1 Å². The predicted molar refractivity (Wildman–Crippen MR) is 100.0 cm³/mol. The van der Waals surface area contributed by atoms with E-state index in [-0.39, 0.29) is 12.1 Å². The summed E-state index contributed by atoms with van der Waals surface area (Å²) in [6.07, 6.45) is 2.66. The van der Waals surface area contributed by atoms with Crippen LogP contribution < -0.4 is 10.6 Å². The molecule has 3 aromatic rings. The first-order valence-electron chi connectivity index (χ1n) is 8.90. The van der Waals surface area contributed by atoms with Gasteiger partial charge >= 0.3 is 6.03 Å². The quantitative estimate of drug-likeness (QED) is 0.583. The van der Waals surface area contributed by atoms with Crippen LogP contribution in [0.4, 0.5) is 4.79 Å². The Morgan fingerprint density at radius 3 is 3.12 bits per heavy atom. The molecule has 134 valence electrons. The van der Waals surface area contributed by atoms with E-state index in [9.17, 15) is 9.90 Å². The third kappa shape index (κ3) is 3.22. The van der Waals surface area contributed by atoms with Gasteiger partial charge in [-0.15, -0.1) is 0 Å². The number of phenols is 1. The molecule has 4 N–H and O–H groups in total. The summed E-state index contributed by atoms with van der Waals surface area (Å²) >= 11 is 0. The molecule has 0 aliphatic heterocycles. The van der Waals surface area contributed by atoms with Crippen molar-refractivity contribution in [3.8, 4) is 5.75 Å². The van der Waals surface area contributed by atoms with Gasteiger partial charge in [-0.05, 0) is 61.1 Å². The summed E-state index contributed by atoms with van der Waals surface area (Å²) in [5, 5.41) is 15.9. The SMILES string of the molecule is Cc1ccc2nc(CNC(=O)NC3CCCc4c(O)cccc43)[nH]c2c1. The number of phenolic OH excluding ortho intramolecular Hbond substituents is 1. The Morgan fingerprint density at radius 2 is 2.23 bits per heavy atom. The lowest BCUT2D eigenvalue weighted by Crippen LogP contribution is -2.38. The maximum absolute atomic E-state index is 12.3. The van der Waals surface area contributed by atoms with Gasteiger partial charge in [0.1, 0.15) is 11.6 Å². The summed E-state index contributed by atoms with van der Waals surface area (Å²) in [5.41, 5.74) is 4.98. The lowest BCUT2D eigenvalue weighted by molar-refractivity contribution is 0.235. The van der Waals surface area contributed by atoms with Gasteiger partial charge in [0.2, 0.25) is 0 Å². The highest BCUT2D eigenvalue weighted by Gasteiger charge is 2.23. The second kappa shape index (κ2) is 6.71. The van der Waals surface area contributed by atoms with E-state index in [1.54, 1.807) is 6.07 Å². The standard InChI is InChI=1S/C20H22N4O2/c1-12-8-9-16-17(10-12)23-19(22-16)11-21-20(26)24-15-6-2-5-14-13(15)4-3-7-18(14)25/h3-4,7-10,15,25H,2,5-6,11H2,1H3,(H,22,23)(H2,21,24,26). The number of fused-ring (bicyclic) bond motifs is 2. The second-order valence-electron chi connectivity index (χ2n) is 6.82. The van der Waals surface area contributed by atoms with E-state index in [4.69, 9.17) is 0 Å². The van der Waals surface area contributed by atoms with Crippen LogP contribution >= 0.6 is 0 Å². The number of urea groups is 1. The van der Waals surface area contributed by atoms with Crippen molar-refractivity contribution < 1.29 is 9.90 Å². The van der Waals surface area contributed by atoms with Crippen LogP contribution in [0.15, 0.2) is 36.4 Å². The molecular weight excluding hydrogens is 328 g/mol. The van der Waals surface area contributed by atoms with Crippen LogP contribution in [0.1, 0.15) is 41.4 Å². The van der Waals surface area contributed by atoms with Crippen LogP contribution in [0.2, 0.25) is 0 Å². The Labute approximate surface area is 151 Å². The summed E-state index contributed by atoms with van der Waals surface area (Å²) in [7, 11) is 0. The van der Waals surface area contributed by atoms with Crippen LogP contribution in [-0.2, 0) is 13.0 Å². The monoisotopic (exact) mass is 350 g/mol. The second-order valence-corrected chi connectivity index (χ2v) is 6.82. The van der Waals surface area contributed by atoms with Crippen molar-refractivity contribution in [3.05, 3.63) is 58.9 Å². The molecule has 0 saturated heterocycles. The topological polar surface area (TPSA) is 90.0 Å². The fraction of sp³-hybridized carbons (Fsp3) is 0.300. The number of nitrogens with one attached hydrogen (secondary N) is 3. The fourth-order valence-electron chi connectivity index (χ4n) is 3.61. The Kier molecular flexibility index (Phi) is 4.24. The summed E-state index contributed by atoms with van der Waals surface area (Å²) in [6, 6.07) is 11.2. The van der Waals surface area contributed by atoms with E-state index >= 15 is 0 Å². The molecule has 2 amide bonds. The maximum atomic E-state index is 12.3. The molecule has 26 heavy (non-hydrogen) atoms. The number of amides is 2.